The third kappa shape index (κ3) is 4.19. The Bertz CT molecular complexity index is 1300. The van der Waals surface area contributed by atoms with Crippen molar-refractivity contribution in [1.82, 2.24) is 9.88 Å². The first kappa shape index (κ1) is 22.5. The Morgan fingerprint density at radius 2 is 1.80 bits per heavy atom. The molecule has 35 heavy (non-hydrogen) atoms. The Labute approximate surface area is 202 Å². The van der Waals surface area contributed by atoms with Gasteiger partial charge in [0.2, 0.25) is 0 Å². The van der Waals surface area contributed by atoms with Crippen LogP contribution < -0.4 is 14.2 Å². The lowest BCUT2D eigenvalue weighted by molar-refractivity contribution is -0.140. The van der Waals surface area contributed by atoms with Crippen LogP contribution in [0.3, 0.4) is 0 Å². The van der Waals surface area contributed by atoms with Crippen LogP contribution in [0.25, 0.3) is 5.76 Å². The molecular formula is C27H24N2O6. The first-order chi connectivity index (χ1) is 17.1. The Balaban J connectivity index is 1.66. The molecule has 1 fully saturated rings. The van der Waals surface area contributed by atoms with Gasteiger partial charge in [-0.25, -0.2) is 0 Å². The fraction of sp³-hybridized carbons (Fsp3) is 0.222. The van der Waals surface area contributed by atoms with Gasteiger partial charge in [-0.2, -0.15) is 0 Å². The lowest BCUT2D eigenvalue weighted by Crippen LogP contribution is -2.29. The van der Waals surface area contributed by atoms with E-state index in [0.717, 1.165) is 5.56 Å². The smallest absolute Gasteiger partial charge is 0.295 e. The molecule has 8 nitrogen and oxygen atoms in total. The van der Waals surface area contributed by atoms with Gasteiger partial charge in [-0.3, -0.25) is 14.6 Å². The molecule has 1 N–H and O–H groups in total. The van der Waals surface area contributed by atoms with Gasteiger partial charge >= 0.3 is 0 Å². The number of ketones is 1. The molecule has 2 aromatic carbocycles. The number of Topliss-reactive ketones (excluding diaryl/α,β-unsaturated/α-hetero) is 1. The minimum Gasteiger partial charge on any atom is -0.507 e. The molecule has 3 aromatic rings. The van der Waals surface area contributed by atoms with Crippen molar-refractivity contribution in [3.8, 4) is 17.2 Å². The standard InChI is InChI=1S/C27H24N2O6/c1-2-33-20-6-4-3-5-19(20)24-23(25(30)18-7-8-21-22(15-18)35-14-13-34-21)26(31)27(32)29(24)16-17-9-11-28-12-10-17/h3-12,15,24,30H,2,13-14,16H2,1H3/b25-23+. The van der Waals surface area contributed by atoms with E-state index >= 15 is 0 Å². The minimum absolute atomic E-state index is 0.00659. The first-order valence-electron chi connectivity index (χ1n) is 11.4. The second-order valence-corrected chi connectivity index (χ2v) is 8.11. The lowest BCUT2D eigenvalue weighted by Gasteiger charge is -2.27. The van der Waals surface area contributed by atoms with E-state index < -0.39 is 17.7 Å². The molecule has 178 valence electrons. The summed E-state index contributed by atoms with van der Waals surface area (Å²) < 4.78 is 17.0. The van der Waals surface area contributed by atoms with Crippen molar-refractivity contribution in [1.29, 1.82) is 0 Å². The summed E-state index contributed by atoms with van der Waals surface area (Å²) in [7, 11) is 0. The molecule has 1 amide bonds. The fourth-order valence-corrected chi connectivity index (χ4v) is 4.39. The third-order valence-electron chi connectivity index (χ3n) is 5.97. The zero-order valence-electron chi connectivity index (χ0n) is 19.1. The van der Waals surface area contributed by atoms with Gasteiger partial charge in [-0.05, 0) is 48.9 Å². The van der Waals surface area contributed by atoms with Crippen LogP contribution in [0.2, 0.25) is 0 Å². The highest BCUT2D eigenvalue weighted by molar-refractivity contribution is 6.46. The first-order valence-corrected chi connectivity index (χ1v) is 11.4. The molecule has 0 aliphatic carbocycles. The zero-order valence-corrected chi connectivity index (χ0v) is 19.1. The number of aromatic nitrogens is 1. The van der Waals surface area contributed by atoms with Crippen LogP contribution in [-0.2, 0) is 16.1 Å². The van der Waals surface area contributed by atoms with Gasteiger partial charge in [-0.15, -0.1) is 0 Å². The van der Waals surface area contributed by atoms with E-state index in [0.29, 0.717) is 48.2 Å². The van der Waals surface area contributed by atoms with E-state index in [1.807, 2.05) is 19.1 Å². The summed E-state index contributed by atoms with van der Waals surface area (Å²) in [6.07, 6.45) is 3.26. The summed E-state index contributed by atoms with van der Waals surface area (Å²) in [5, 5.41) is 11.4. The summed E-state index contributed by atoms with van der Waals surface area (Å²) >= 11 is 0. The van der Waals surface area contributed by atoms with Crippen molar-refractivity contribution in [2.24, 2.45) is 0 Å². The number of likely N-dealkylation sites (tertiary alicyclic amines) is 1. The van der Waals surface area contributed by atoms with Gasteiger partial charge in [0.25, 0.3) is 11.7 Å². The highest BCUT2D eigenvalue weighted by atomic mass is 16.6. The number of hydrogen-bond donors (Lipinski definition) is 1. The van der Waals surface area contributed by atoms with Crippen LogP contribution >= 0.6 is 0 Å². The number of benzene rings is 2. The molecule has 0 spiro atoms. The average molecular weight is 472 g/mol. The molecule has 0 bridgehead atoms. The summed E-state index contributed by atoms with van der Waals surface area (Å²) in [5.74, 6) is -0.176. The highest BCUT2D eigenvalue weighted by Gasteiger charge is 2.47. The number of nitrogens with zero attached hydrogens (tertiary/aromatic N) is 2. The van der Waals surface area contributed by atoms with Crippen molar-refractivity contribution in [3.63, 3.8) is 0 Å². The predicted octanol–water partition coefficient (Wildman–Crippen LogP) is 3.87. The van der Waals surface area contributed by atoms with Gasteiger partial charge in [-0.1, -0.05) is 18.2 Å². The summed E-state index contributed by atoms with van der Waals surface area (Å²) in [6, 6.07) is 14.9. The number of fused-ring (bicyclic) bond motifs is 1. The molecule has 1 atom stereocenters. The largest absolute Gasteiger partial charge is 0.507 e. The van der Waals surface area contributed by atoms with Crippen LogP contribution in [-0.4, -0.2) is 46.5 Å². The van der Waals surface area contributed by atoms with Gasteiger partial charge < -0.3 is 24.2 Å². The second kappa shape index (κ2) is 9.50. The third-order valence-corrected chi connectivity index (χ3v) is 5.97. The van der Waals surface area contributed by atoms with Crippen LogP contribution in [0.1, 0.15) is 29.7 Å². The zero-order chi connectivity index (χ0) is 24.4. The van der Waals surface area contributed by atoms with E-state index in [2.05, 4.69) is 4.98 Å². The van der Waals surface area contributed by atoms with Gasteiger partial charge in [0.15, 0.2) is 11.5 Å². The Kier molecular flexibility index (Phi) is 6.10. The Hall–Kier alpha value is -4.33. The number of ether oxygens (including phenoxy) is 3. The monoisotopic (exact) mass is 472 g/mol. The van der Waals surface area contributed by atoms with E-state index in [9.17, 15) is 14.7 Å². The number of aliphatic hydroxyl groups is 1. The second-order valence-electron chi connectivity index (χ2n) is 8.11. The normalized spacial score (nSPS) is 18.5. The topological polar surface area (TPSA) is 98.2 Å². The maximum atomic E-state index is 13.3. The maximum absolute atomic E-state index is 13.3. The SMILES string of the molecule is CCOc1ccccc1C1/C(=C(\O)c2ccc3c(c2)OCCO3)C(=O)C(=O)N1Cc1ccncc1. The average Bonchev–Trinajstić information content (AvgIpc) is 3.14. The number of carbonyl (C=O) groups excluding carboxylic acids is 2. The number of para-hydroxylation sites is 1. The number of hydrogen-bond acceptors (Lipinski definition) is 7. The van der Waals surface area contributed by atoms with Gasteiger partial charge in [0.1, 0.15) is 24.7 Å². The Morgan fingerprint density at radius 1 is 1.06 bits per heavy atom. The number of amides is 1. The van der Waals surface area contributed by atoms with Crippen LogP contribution in [0.4, 0.5) is 0 Å². The molecule has 1 unspecified atom stereocenters. The minimum atomic E-state index is -0.848. The van der Waals surface area contributed by atoms with E-state index in [4.69, 9.17) is 14.2 Å². The van der Waals surface area contributed by atoms with Crippen LogP contribution in [0, 0.1) is 0 Å². The molecule has 8 heteroatoms. The quantitative estimate of drug-likeness (QED) is 0.330. The number of pyridine rings is 1. The van der Waals surface area contributed by atoms with Crippen molar-refractivity contribution in [2.75, 3.05) is 19.8 Å². The summed E-state index contributed by atoms with van der Waals surface area (Å²) in [4.78, 5) is 32.1. The molecule has 3 heterocycles. The maximum Gasteiger partial charge on any atom is 0.295 e. The molecule has 0 saturated carbocycles. The fourth-order valence-electron chi connectivity index (χ4n) is 4.39. The molecule has 0 radical (unpaired) electrons. The number of carbonyl (C=O) groups is 2. The number of aliphatic hydroxyl groups excluding tert-OH is 1. The molecule has 2 aliphatic rings. The van der Waals surface area contributed by atoms with E-state index in [-0.39, 0.29) is 17.9 Å². The van der Waals surface area contributed by atoms with Crippen LogP contribution in [0.5, 0.6) is 17.2 Å². The van der Waals surface area contributed by atoms with Crippen LogP contribution in [0.15, 0.2) is 72.6 Å². The molecular weight excluding hydrogens is 448 g/mol. The van der Waals surface area contributed by atoms with E-state index in [1.54, 1.807) is 54.9 Å². The van der Waals surface area contributed by atoms with Gasteiger partial charge in [0.05, 0.1) is 18.2 Å². The molecule has 1 saturated heterocycles. The van der Waals surface area contributed by atoms with E-state index in [1.165, 1.54) is 4.90 Å². The van der Waals surface area contributed by atoms with Gasteiger partial charge in [0, 0.05) is 30.1 Å². The summed E-state index contributed by atoms with van der Waals surface area (Å²) in [6.45, 7) is 3.25. The van der Waals surface area contributed by atoms with Crippen molar-refractivity contribution < 1.29 is 28.9 Å². The summed E-state index contributed by atoms with van der Waals surface area (Å²) in [5.41, 5.74) is 1.77. The van der Waals surface area contributed by atoms with Crippen molar-refractivity contribution in [3.05, 3.63) is 89.3 Å². The molecule has 1 aromatic heterocycles. The highest BCUT2D eigenvalue weighted by Crippen LogP contribution is 2.44. The predicted molar refractivity (Wildman–Crippen MR) is 127 cm³/mol. The molecule has 5 rings (SSSR count). The lowest BCUT2D eigenvalue weighted by atomic mass is 9.94. The molecule has 2 aliphatic heterocycles. The van der Waals surface area contributed by atoms with Crippen molar-refractivity contribution in [2.45, 2.75) is 19.5 Å². The van der Waals surface area contributed by atoms with Crippen molar-refractivity contribution >= 4 is 17.4 Å². The number of rotatable bonds is 6. The Morgan fingerprint density at radius 3 is 2.57 bits per heavy atom.